The molecule has 0 rings (SSSR count). The Morgan fingerprint density at radius 3 is 0.875 bits per heavy atom. The van der Waals surface area contributed by atoms with Crippen LogP contribution in [-0.4, -0.2) is 42.1 Å². The summed E-state index contributed by atoms with van der Waals surface area (Å²) in [4.78, 5) is 0. The van der Waals surface area contributed by atoms with E-state index in [0.717, 1.165) is 0 Å². The summed E-state index contributed by atoms with van der Waals surface area (Å²) in [5, 5.41) is 0. The van der Waals surface area contributed by atoms with Crippen molar-refractivity contribution in [1.29, 1.82) is 0 Å². The molecule has 8 heavy (non-hydrogen) atoms. The van der Waals surface area contributed by atoms with Crippen LogP contribution in [0, 0.1) is 35.6 Å². The maximum Gasteiger partial charge on any atom is 0 e. The van der Waals surface area contributed by atoms with Crippen LogP contribution in [0.5, 0.6) is 0 Å². The van der Waals surface area contributed by atoms with Crippen molar-refractivity contribution < 1.29 is 94.7 Å². The van der Waals surface area contributed by atoms with E-state index in [1.165, 1.54) is 0 Å². The Kier molecular flexibility index (Phi) is 29.8. The van der Waals surface area contributed by atoms with Gasteiger partial charge in [-0.25, -0.2) is 0 Å². The molecule has 0 saturated carbocycles. The molecule has 45 valence electrons. The van der Waals surface area contributed by atoms with Gasteiger partial charge in [-0.3, -0.25) is 0 Å². The molecule has 0 saturated heterocycles. The zero-order chi connectivity index (χ0) is 4.50. The standard InChI is InChI=1S/La.4H2O.Pb.Ti.Zr.2H/h;4*1H2;;;;;/q;;;;;;+4;;;/p-4. The molecular weight excluding hydrogens is 549 g/mol. The predicted molar refractivity (Wildman–Crippen MR) is 17.4 cm³/mol. The van der Waals surface area contributed by atoms with Crippen molar-refractivity contribution in [1.82, 2.24) is 0 Å². The average Bonchev–Trinajstić information content (AvgIpc) is 0.722. The summed E-state index contributed by atoms with van der Waals surface area (Å²) in [5.74, 6) is 0. The van der Waals surface area contributed by atoms with E-state index >= 15 is 0 Å². The van der Waals surface area contributed by atoms with Crippen LogP contribution in [-0.2, 0) is 44.3 Å². The van der Waals surface area contributed by atoms with E-state index in [1.807, 2.05) is 0 Å². The van der Waals surface area contributed by atoms with Crippen molar-refractivity contribution in [3.63, 3.8) is 0 Å². The second-order valence-corrected chi connectivity index (χ2v) is 2.47. The molecule has 0 atom stereocenters. The van der Waals surface area contributed by atoms with Gasteiger partial charge in [0.15, 0.2) is 0 Å². The SMILES string of the molecule is [La].[OH][Ti]([OH])([OH])[OH].[PbH2].[Zr]. The van der Waals surface area contributed by atoms with E-state index < -0.39 is 18.1 Å². The van der Waals surface area contributed by atoms with E-state index in [4.69, 9.17) is 14.8 Å². The Labute approximate surface area is 119 Å². The summed E-state index contributed by atoms with van der Waals surface area (Å²) in [6, 6.07) is 0. The Morgan fingerprint density at radius 1 is 0.875 bits per heavy atom. The van der Waals surface area contributed by atoms with E-state index in [-0.39, 0.29) is 89.1 Å². The molecule has 8 heteroatoms. The van der Waals surface area contributed by atoms with Gasteiger partial charge >= 0.3 is 60.2 Å². The quantitative estimate of drug-likeness (QED) is 0.239. The normalized spacial score (nSPS) is 7.50. The van der Waals surface area contributed by atoms with Crippen LogP contribution in [0.15, 0.2) is 0 Å². The minimum atomic E-state index is -5.00. The van der Waals surface area contributed by atoms with Crippen LogP contribution in [0.1, 0.15) is 0 Å². The third-order valence-corrected chi connectivity index (χ3v) is 0. The number of hydrogen-bond acceptors (Lipinski definition) is 4. The largest absolute Gasteiger partial charge is 0 e. The van der Waals surface area contributed by atoms with Crippen molar-refractivity contribution in [3.8, 4) is 0 Å². The fourth-order valence-corrected chi connectivity index (χ4v) is 0. The van der Waals surface area contributed by atoms with Gasteiger partial charge < -0.3 is 0 Å². The summed E-state index contributed by atoms with van der Waals surface area (Å²) >= 11 is -5.00. The second-order valence-electron chi connectivity index (χ2n) is 0.600. The first kappa shape index (κ1) is 22.6. The van der Waals surface area contributed by atoms with Gasteiger partial charge in [-0.05, 0) is 0 Å². The molecule has 0 aliphatic heterocycles. The Hall–Kier alpha value is 3.55. The van der Waals surface area contributed by atoms with Gasteiger partial charge in [0.2, 0.25) is 0 Å². The molecule has 0 bridgehead atoms. The van der Waals surface area contributed by atoms with Crippen LogP contribution in [0.4, 0.5) is 0 Å². The van der Waals surface area contributed by atoms with E-state index in [1.54, 1.807) is 0 Å². The Bertz CT molecular complexity index is 31.5. The van der Waals surface area contributed by atoms with Gasteiger partial charge in [0.25, 0.3) is 0 Å². The van der Waals surface area contributed by atoms with Gasteiger partial charge in [0, 0.05) is 61.8 Å². The van der Waals surface area contributed by atoms with E-state index in [9.17, 15) is 0 Å². The van der Waals surface area contributed by atoms with Crippen molar-refractivity contribution in [2.45, 2.75) is 0 Å². The third-order valence-electron chi connectivity index (χ3n) is 0. The molecule has 0 aliphatic carbocycles. The van der Waals surface area contributed by atoms with Crippen molar-refractivity contribution >= 4 is 27.3 Å². The molecule has 4 nitrogen and oxygen atoms in total. The molecule has 0 amide bonds. The van der Waals surface area contributed by atoms with E-state index in [2.05, 4.69) is 0 Å². The molecule has 0 fully saturated rings. The molecule has 4 N–H and O–H groups in total. The topological polar surface area (TPSA) is 80.9 Å². The molecular formula is H6LaO4PbTiZr. The average molecular weight is 555 g/mol. The molecule has 0 aromatic heterocycles. The molecule has 0 aromatic rings. The van der Waals surface area contributed by atoms with Crippen LogP contribution < -0.4 is 0 Å². The predicted octanol–water partition coefficient (Wildman–Crippen LogP) is -3.15. The van der Waals surface area contributed by atoms with Crippen LogP contribution in [0.25, 0.3) is 0 Å². The minimum Gasteiger partial charge on any atom is 0 e. The van der Waals surface area contributed by atoms with Gasteiger partial charge in [-0.2, -0.15) is 0 Å². The zero-order valence-corrected chi connectivity index (χ0v) is 17.2. The van der Waals surface area contributed by atoms with Crippen LogP contribution in [0.3, 0.4) is 0 Å². The minimum absolute atomic E-state index is 0. The van der Waals surface area contributed by atoms with Gasteiger partial charge in [-0.15, -0.1) is 0 Å². The molecule has 0 aliphatic rings. The second kappa shape index (κ2) is 10.6. The van der Waals surface area contributed by atoms with Crippen molar-refractivity contribution in [3.05, 3.63) is 0 Å². The molecule has 0 unspecified atom stereocenters. The molecule has 0 aromatic carbocycles. The fraction of sp³-hybridized carbons (Fsp3) is 0. The van der Waals surface area contributed by atoms with Gasteiger partial charge in [-0.1, -0.05) is 0 Å². The molecule has 0 spiro atoms. The Balaban J connectivity index is -0.0000000267. The summed E-state index contributed by atoms with van der Waals surface area (Å²) in [7, 11) is 0. The first-order chi connectivity index (χ1) is 2.00. The van der Waals surface area contributed by atoms with Crippen LogP contribution >= 0.6 is 0 Å². The van der Waals surface area contributed by atoms with Crippen LogP contribution in [0.2, 0.25) is 0 Å². The summed E-state index contributed by atoms with van der Waals surface area (Å²) < 4.78 is 29.5. The van der Waals surface area contributed by atoms with Gasteiger partial charge in [0.05, 0.1) is 0 Å². The summed E-state index contributed by atoms with van der Waals surface area (Å²) in [6.07, 6.45) is 0. The summed E-state index contributed by atoms with van der Waals surface area (Å²) in [6.45, 7) is 0. The fourth-order valence-electron chi connectivity index (χ4n) is 0. The first-order valence-corrected chi connectivity index (χ1v) is 3.69. The smallest absolute Gasteiger partial charge is 0 e. The molecule has 0 heterocycles. The van der Waals surface area contributed by atoms with Crippen molar-refractivity contribution in [2.75, 3.05) is 0 Å². The Morgan fingerprint density at radius 2 is 0.875 bits per heavy atom. The van der Waals surface area contributed by atoms with Crippen molar-refractivity contribution in [2.24, 2.45) is 0 Å². The number of rotatable bonds is 0. The van der Waals surface area contributed by atoms with E-state index in [0.29, 0.717) is 0 Å². The van der Waals surface area contributed by atoms with Gasteiger partial charge in [0.1, 0.15) is 0 Å². The zero-order valence-electron chi connectivity index (χ0n) is 4.07. The molecule has 3 radical (unpaired) electrons. The third kappa shape index (κ3) is 55.3. The maximum atomic E-state index is 7.38. The first-order valence-electron chi connectivity index (χ1n) is 0.894. The monoisotopic (exact) mass is 555 g/mol. The number of hydrogen-bond donors (Lipinski definition) is 4. The summed E-state index contributed by atoms with van der Waals surface area (Å²) in [5.41, 5.74) is 0. The maximum absolute atomic E-state index is 7.38.